The molecule has 2 aliphatic rings. The summed E-state index contributed by atoms with van der Waals surface area (Å²) < 4.78 is 17.1. The maximum absolute atomic E-state index is 13.0. The molecular weight excluding hydrogens is 323 g/mol. The molecule has 2 aromatic heterocycles. The Labute approximate surface area is 134 Å². The molecule has 2 aromatic rings. The van der Waals surface area contributed by atoms with Crippen LogP contribution in [-0.4, -0.2) is 39.1 Å². The summed E-state index contributed by atoms with van der Waals surface area (Å²) in [4.78, 5) is 15.8. The van der Waals surface area contributed by atoms with Crippen molar-refractivity contribution >= 4 is 34.4 Å². The summed E-state index contributed by atoms with van der Waals surface area (Å²) in [5.74, 6) is 0.414. The summed E-state index contributed by atoms with van der Waals surface area (Å²) in [6.07, 6.45) is 4.20. The minimum Gasteiger partial charge on any atom is -0.379 e. The Morgan fingerprint density at radius 2 is 2.18 bits per heavy atom. The molecular formula is C13H13FN6S2. The van der Waals surface area contributed by atoms with Crippen molar-refractivity contribution in [2.75, 3.05) is 24.5 Å². The molecule has 2 N–H and O–H groups in total. The van der Waals surface area contributed by atoms with E-state index in [9.17, 15) is 4.39 Å². The lowest BCUT2D eigenvalue weighted by molar-refractivity contribution is 0.494. The van der Waals surface area contributed by atoms with Gasteiger partial charge in [0.25, 0.3) is 0 Å². The molecule has 0 unspecified atom stereocenters. The van der Waals surface area contributed by atoms with Gasteiger partial charge in [-0.2, -0.15) is 0 Å². The van der Waals surface area contributed by atoms with E-state index in [-0.39, 0.29) is 4.75 Å². The zero-order valence-electron chi connectivity index (χ0n) is 11.5. The maximum Gasteiger partial charge on any atom is 0.225 e. The van der Waals surface area contributed by atoms with Crippen molar-refractivity contribution in [1.29, 1.82) is 0 Å². The third-order valence-electron chi connectivity index (χ3n) is 4.02. The van der Waals surface area contributed by atoms with E-state index in [4.69, 9.17) is 5.73 Å². The number of aromatic nitrogens is 3. The van der Waals surface area contributed by atoms with E-state index in [1.54, 1.807) is 11.8 Å². The van der Waals surface area contributed by atoms with Crippen LogP contribution in [0.25, 0.3) is 0 Å². The largest absolute Gasteiger partial charge is 0.379 e. The first-order chi connectivity index (χ1) is 10.7. The number of nitrogens with two attached hydrogens (primary N) is 1. The molecule has 0 saturated carbocycles. The molecule has 4 rings (SSSR count). The van der Waals surface area contributed by atoms with Crippen LogP contribution < -0.4 is 10.6 Å². The van der Waals surface area contributed by atoms with Crippen LogP contribution in [0.2, 0.25) is 0 Å². The normalized spacial score (nSPS) is 27.6. The van der Waals surface area contributed by atoms with Crippen molar-refractivity contribution in [3.05, 3.63) is 35.4 Å². The first-order valence-corrected chi connectivity index (χ1v) is 8.39. The Kier molecular flexibility index (Phi) is 3.26. The van der Waals surface area contributed by atoms with Gasteiger partial charge < -0.3 is 10.6 Å². The predicted molar refractivity (Wildman–Crippen MR) is 85.6 cm³/mol. The molecule has 0 aromatic carbocycles. The van der Waals surface area contributed by atoms with E-state index in [1.807, 2.05) is 12.3 Å². The molecule has 4 heterocycles. The summed E-state index contributed by atoms with van der Waals surface area (Å²) in [5, 5.41) is 0.603. The Morgan fingerprint density at radius 3 is 2.91 bits per heavy atom. The van der Waals surface area contributed by atoms with Crippen LogP contribution in [0.15, 0.2) is 29.6 Å². The summed E-state index contributed by atoms with van der Waals surface area (Å²) in [6.45, 7) is 2.16. The number of hydrogen-bond acceptors (Lipinski definition) is 8. The van der Waals surface area contributed by atoms with Gasteiger partial charge in [0.15, 0.2) is 11.0 Å². The minimum atomic E-state index is -0.431. The molecule has 9 heteroatoms. The van der Waals surface area contributed by atoms with Crippen molar-refractivity contribution in [1.82, 2.24) is 14.3 Å². The van der Waals surface area contributed by atoms with Crippen molar-refractivity contribution in [3.8, 4) is 0 Å². The highest BCUT2D eigenvalue weighted by atomic mass is 32.2. The van der Waals surface area contributed by atoms with Crippen molar-refractivity contribution in [2.45, 2.75) is 4.75 Å². The smallest absolute Gasteiger partial charge is 0.225 e. The molecule has 0 amide bonds. The Balaban J connectivity index is 1.71. The van der Waals surface area contributed by atoms with Gasteiger partial charge in [0.1, 0.15) is 0 Å². The highest BCUT2D eigenvalue weighted by Crippen LogP contribution is 2.51. The van der Waals surface area contributed by atoms with Crippen LogP contribution in [0.3, 0.4) is 0 Å². The van der Waals surface area contributed by atoms with Gasteiger partial charge in [-0.15, -0.1) is 0 Å². The number of thioether (sulfide) groups is 1. The number of fused-ring (bicyclic) bond motifs is 1. The van der Waals surface area contributed by atoms with E-state index in [1.165, 1.54) is 28.8 Å². The number of anilines is 1. The van der Waals surface area contributed by atoms with Crippen LogP contribution >= 0.6 is 23.3 Å². The fraction of sp³-hybridized carbons (Fsp3) is 0.385. The molecule has 22 heavy (non-hydrogen) atoms. The van der Waals surface area contributed by atoms with Gasteiger partial charge in [-0.1, -0.05) is 11.8 Å². The highest BCUT2D eigenvalue weighted by Gasteiger charge is 2.52. The van der Waals surface area contributed by atoms with E-state index in [0.29, 0.717) is 30.1 Å². The molecule has 0 bridgehead atoms. The predicted octanol–water partition coefficient (Wildman–Crippen LogP) is 1.47. The third kappa shape index (κ3) is 2.15. The van der Waals surface area contributed by atoms with Crippen LogP contribution in [0.1, 0.15) is 4.88 Å². The summed E-state index contributed by atoms with van der Waals surface area (Å²) in [7, 11) is 0. The minimum absolute atomic E-state index is 0.176. The Bertz CT molecular complexity index is 704. The maximum atomic E-state index is 13.0. The first-order valence-electron chi connectivity index (χ1n) is 6.80. The Hall–Kier alpha value is -1.74. The number of aliphatic imine (C=N–C) groups is 1. The van der Waals surface area contributed by atoms with Crippen molar-refractivity contribution < 1.29 is 4.39 Å². The molecule has 114 valence electrons. The van der Waals surface area contributed by atoms with E-state index >= 15 is 0 Å². The number of rotatable bonds is 2. The lowest BCUT2D eigenvalue weighted by Crippen LogP contribution is -2.38. The average molecular weight is 336 g/mol. The van der Waals surface area contributed by atoms with Gasteiger partial charge in [-0.3, -0.25) is 4.99 Å². The summed E-state index contributed by atoms with van der Waals surface area (Å²) in [6, 6.07) is 2.04. The van der Waals surface area contributed by atoms with Gasteiger partial charge in [0.2, 0.25) is 5.95 Å². The SMILES string of the molecule is NC1=NC[C@H]2CN(c3ncc(F)cn3)C[C@]2(c2ccns2)S1. The molecule has 1 saturated heterocycles. The lowest BCUT2D eigenvalue weighted by Gasteiger charge is -2.34. The quantitative estimate of drug-likeness (QED) is 0.894. The fourth-order valence-corrected chi connectivity index (χ4v) is 5.21. The monoisotopic (exact) mass is 336 g/mol. The topological polar surface area (TPSA) is 80.3 Å². The number of amidine groups is 1. The molecule has 2 atom stereocenters. The Morgan fingerprint density at radius 1 is 1.36 bits per heavy atom. The van der Waals surface area contributed by atoms with E-state index < -0.39 is 5.82 Å². The van der Waals surface area contributed by atoms with Gasteiger partial charge in [-0.25, -0.2) is 18.7 Å². The molecule has 2 aliphatic heterocycles. The number of halogens is 1. The van der Waals surface area contributed by atoms with Crippen molar-refractivity contribution in [3.63, 3.8) is 0 Å². The van der Waals surface area contributed by atoms with Gasteiger partial charge >= 0.3 is 0 Å². The van der Waals surface area contributed by atoms with Crippen LogP contribution in [0.4, 0.5) is 10.3 Å². The third-order valence-corrected chi connectivity index (χ3v) is 6.46. The average Bonchev–Trinajstić information content (AvgIpc) is 3.15. The second kappa shape index (κ2) is 5.17. The first kappa shape index (κ1) is 13.9. The summed E-state index contributed by atoms with van der Waals surface area (Å²) >= 11 is 3.08. The van der Waals surface area contributed by atoms with Crippen LogP contribution in [0, 0.1) is 11.7 Å². The number of nitrogens with zero attached hydrogens (tertiary/aromatic N) is 5. The zero-order chi connectivity index (χ0) is 15.2. The van der Waals surface area contributed by atoms with E-state index in [0.717, 1.165) is 6.54 Å². The molecule has 0 radical (unpaired) electrons. The molecule has 1 fully saturated rings. The van der Waals surface area contributed by atoms with Gasteiger partial charge in [-0.05, 0) is 17.6 Å². The lowest BCUT2D eigenvalue weighted by atomic mass is 9.93. The molecule has 0 aliphatic carbocycles. The van der Waals surface area contributed by atoms with Crippen molar-refractivity contribution in [2.24, 2.45) is 16.6 Å². The van der Waals surface area contributed by atoms with Gasteiger partial charge in [0.05, 0.1) is 17.1 Å². The number of hydrogen-bond donors (Lipinski definition) is 1. The molecule has 6 nitrogen and oxygen atoms in total. The molecule has 0 spiro atoms. The standard InChI is InChI=1S/C13H13FN6S2/c14-9-4-17-12(18-5-9)20-6-8-3-16-11(15)21-13(8,7-20)10-1-2-19-22-10/h1-2,4-5,8H,3,6-7H2,(H2,15,16)/t8-,13-/m0/s1. The summed E-state index contributed by atoms with van der Waals surface area (Å²) in [5.41, 5.74) is 5.98. The second-order valence-electron chi connectivity index (χ2n) is 5.33. The van der Waals surface area contributed by atoms with E-state index in [2.05, 4.69) is 24.2 Å². The zero-order valence-corrected chi connectivity index (χ0v) is 13.1. The van der Waals surface area contributed by atoms with Crippen LogP contribution in [0.5, 0.6) is 0 Å². The fourth-order valence-electron chi connectivity index (χ4n) is 3.02. The second-order valence-corrected chi connectivity index (χ2v) is 7.51. The van der Waals surface area contributed by atoms with Crippen LogP contribution in [-0.2, 0) is 4.75 Å². The highest BCUT2D eigenvalue weighted by molar-refractivity contribution is 8.14. The van der Waals surface area contributed by atoms with Gasteiger partial charge in [0, 0.05) is 36.6 Å².